The number of anilines is 2. The van der Waals surface area contributed by atoms with Crippen LogP contribution in [0.25, 0.3) is 10.9 Å². The standard InChI is InChI=1S/C13H16N4/c14-13-16-11-7-2-1-6-10(11)12(17-13)15-8-9-4-3-5-9/h1-2,6-7,9H,3-5,8H2,(H3,14,15,16,17). The summed E-state index contributed by atoms with van der Waals surface area (Å²) in [5.74, 6) is 1.99. The maximum atomic E-state index is 5.72. The molecule has 0 spiro atoms. The molecule has 4 heteroatoms. The molecule has 1 saturated carbocycles. The fourth-order valence-electron chi connectivity index (χ4n) is 2.17. The van der Waals surface area contributed by atoms with E-state index in [-0.39, 0.29) is 0 Å². The van der Waals surface area contributed by atoms with Crippen molar-refractivity contribution < 1.29 is 0 Å². The van der Waals surface area contributed by atoms with Gasteiger partial charge >= 0.3 is 0 Å². The molecule has 0 bridgehead atoms. The molecule has 4 nitrogen and oxygen atoms in total. The van der Waals surface area contributed by atoms with E-state index in [1.54, 1.807) is 0 Å². The van der Waals surface area contributed by atoms with Gasteiger partial charge in [0.25, 0.3) is 0 Å². The van der Waals surface area contributed by atoms with Crippen molar-refractivity contribution in [3.05, 3.63) is 24.3 Å². The summed E-state index contributed by atoms with van der Waals surface area (Å²) in [5, 5.41) is 4.44. The van der Waals surface area contributed by atoms with Crippen LogP contribution in [0.1, 0.15) is 19.3 Å². The van der Waals surface area contributed by atoms with E-state index in [2.05, 4.69) is 15.3 Å². The number of nitrogens with two attached hydrogens (primary N) is 1. The van der Waals surface area contributed by atoms with Gasteiger partial charge in [-0.25, -0.2) is 4.98 Å². The minimum Gasteiger partial charge on any atom is -0.369 e. The largest absolute Gasteiger partial charge is 0.369 e. The van der Waals surface area contributed by atoms with Crippen molar-refractivity contribution in [1.29, 1.82) is 0 Å². The molecule has 3 N–H and O–H groups in total. The van der Waals surface area contributed by atoms with Crippen LogP contribution in [0.2, 0.25) is 0 Å². The Bertz CT molecular complexity index is 534. The number of para-hydroxylation sites is 1. The summed E-state index contributed by atoms with van der Waals surface area (Å²) < 4.78 is 0. The zero-order chi connectivity index (χ0) is 11.7. The summed E-state index contributed by atoms with van der Waals surface area (Å²) in [5.41, 5.74) is 6.61. The number of benzene rings is 1. The average Bonchev–Trinajstić information content (AvgIpc) is 2.26. The van der Waals surface area contributed by atoms with Crippen molar-refractivity contribution in [3.8, 4) is 0 Å². The van der Waals surface area contributed by atoms with Crippen LogP contribution in [0.3, 0.4) is 0 Å². The Balaban J connectivity index is 1.90. The molecule has 1 aromatic carbocycles. The molecule has 0 unspecified atom stereocenters. The number of nitrogens with zero attached hydrogens (tertiary/aromatic N) is 2. The fourth-order valence-corrected chi connectivity index (χ4v) is 2.17. The summed E-state index contributed by atoms with van der Waals surface area (Å²) in [6.45, 7) is 0.987. The van der Waals surface area contributed by atoms with Crippen molar-refractivity contribution in [3.63, 3.8) is 0 Å². The molecule has 0 radical (unpaired) electrons. The Hall–Kier alpha value is -1.84. The first-order chi connectivity index (χ1) is 8.33. The highest BCUT2D eigenvalue weighted by Crippen LogP contribution is 2.27. The first-order valence-corrected chi connectivity index (χ1v) is 6.09. The molecule has 0 aliphatic heterocycles. The third-order valence-corrected chi connectivity index (χ3v) is 3.40. The maximum Gasteiger partial charge on any atom is 0.222 e. The highest BCUT2D eigenvalue weighted by atomic mass is 15.1. The van der Waals surface area contributed by atoms with Crippen LogP contribution in [-0.4, -0.2) is 16.5 Å². The van der Waals surface area contributed by atoms with Gasteiger partial charge < -0.3 is 11.1 Å². The van der Waals surface area contributed by atoms with E-state index in [1.165, 1.54) is 19.3 Å². The first kappa shape index (κ1) is 10.3. The summed E-state index contributed by atoms with van der Waals surface area (Å²) in [6.07, 6.45) is 4.01. The lowest BCUT2D eigenvalue weighted by atomic mass is 9.85. The minimum atomic E-state index is 0.333. The average molecular weight is 228 g/mol. The molecule has 3 rings (SSSR count). The third-order valence-electron chi connectivity index (χ3n) is 3.40. The highest BCUT2D eigenvalue weighted by molar-refractivity contribution is 5.89. The van der Waals surface area contributed by atoms with E-state index < -0.39 is 0 Å². The molecule has 1 aromatic heterocycles. The number of nitrogens with one attached hydrogen (secondary N) is 1. The van der Waals surface area contributed by atoms with Gasteiger partial charge in [0.05, 0.1) is 5.52 Å². The Morgan fingerprint density at radius 1 is 1.24 bits per heavy atom. The second-order valence-electron chi connectivity index (χ2n) is 4.63. The molecule has 0 amide bonds. The van der Waals surface area contributed by atoms with Crippen LogP contribution < -0.4 is 11.1 Å². The molecule has 1 heterocycles. The van der Waals surface area contributed by atoms with Crippen LogP contribution in [0, 0.1) is 5.92 Å². The number of aromatic nitrogens is 2. The number of rotatable bonds is 3. The van der Waals surface area contributed by atoms with Crippen LogP contribution >= 0.6 is 0 Å². The van der Waals surface area contributed by atoms with Crippen LogP contribution in [0.5, 0.6) is 0 Å². The number of hydrogen-bond acceptors (Lipinski definition) is 4. The zero-order valence-electron chi connectivity index (χ0n) is 9.69. The molecule has 1 aliphatic rings. The van der Waals surface area contributed by atoms with Crippen molar-refractivity contribution in [2.45, 2.75) is 19.3 Å². The lowest BCUT2D eigenvalue weighted by Gasteiger charge is -2.25. The second-order valence-corrected chi connectivity index (χ2v) is 4.63. The van der Waals surface area contributed by atoms with Gasteiger partial charge in [0, 0.05) is 11.9 Å². The molecule has 17 heavy (non-hydrogen) atoms. The van der Waals surface area contributed by atoms with Gasteiger partial charge in [0.1, 0.15) is 5.82 Å². The number of nitrogen functional groups attached to an aromatic ring is 1. The van der Waals surface area contributed by atoms with Crippen molar-refractivity contribution in [1.82, 2.24) is 9.97 Å². The van der Waals surface area contributed by atoms with Gasteiger partial charge in [-0.2, -0.15) is 4.98 Å². The van der Waals surface area contributed by atoms with E-state index >= 15 is 0 Å². The summed E-state index contributed by atoms with van der Waals surface area (Å²) in [7, 11) is 0. The zero-order valence-corrected chi connectivity index (χ0v) is 9.69. The predicted molar refractivity (Wildman–Crippen MR) is 69.8 cm³/mol. The SMILES string of the molecule is Nc1nc(NCC2CCC2)c2ccccc2n1. The second kappa shape index (κ2) is 4.20. The lowest BCUT2D eigenvalue weighted by Crippen LogP contribution is -2.21. The van der Waals surface area contributed by atoms with Gasteiger partial charge in [-0.1, -0.05) is 18.6 Å². The summed E-state index contributed by atoms with van der Waals surface area (Å²) >= 11 is 0. The van der Waals surface area contributed by atoms with Crippen molar-refractivity contribution in [2.75, 3.05) is 17.6 Å². The van der Waals surface area contributed by atoms with Gasteiger partial charge in [0.15, 0.2) is 0 Å². The normalized spacial score (nSPS) is 15.8. The predicted octanol–water partition coefficient (Wildman–Crippen LogP) is 2.42. The maximum absolute atomic E-state index is 5.72. The van der Waals surface area contributed by atoms with Crippen molar-refractivity contribution >= 4 is 22.7 Å². The van der Waals surface area contributed by atoms with E-state index in [0.717, 1.165) is 29.2 Å². The summed E-state index contributed by atoms with van der Waals surface area (Å²) in [4.78, 5) is 8.51. The molecule has 1 aliphatic carbocycles. The van der Waals surface area contributed by atoms with Crippen LogP contribution in [-0.2, 0) is 0 Å². The Morgan fingerprint density at radius 3 is 2.82 bits per heavy atom. The van der Waals surface area contributed by atoms with Gasteiger partial charge in [-0.3, -0.25) is 0 Å². The lowest BCUT2D eigenvalue weighted by molar-refractivity contribution is 0.333. The van der Waals surface area contributed by atoms with Gasteiger partial charge in [0.2, 0.25) is 5.95 Å². The van der Waals surface area contributed by atoms with Gasteiger partial charge in [-0.05, 0) is 30.9 Å². The van der Waals surface area contributed by atoms with Gasteiger partial charge in [-0.15, -0.1) is 0 Å². The minimum absolute atomic E-state index is 0.333. The molecule has 0 saturated heterocycles. The Kier molecular flexibility index (Phi) is 2.55. The third kappa shape index (κ3) is 2.02. The Labute approximate surface area is 100 Å². The van der Waals surface area contributed by atoms with Crippen LogP contribution in [0.4, 0.5) is 11.8 Å². The molecule has 0 atom stereocenters. The molecular formula is C13H16N4. The number of hydrogen-bond donors (Lipinski definition) is 2. The molecule has 2 aromatic rings. The molecule has 1 fully saturated rings. The van der Waals surface area contributed by atoms with E-state index in [9.17, 15) is 0 Å². The Morgan fingerprint density at radius 2 is 2.06 bits per heavy atom. The molecule has 88 valence electrons. The monoisotopic (exact) mass is 228 g/mol. The number of fused-ring (bicyclic) bond motifs is 1. The quantitative estimate of drug-likeness (QED) is 0.846. The highest BCUT2D eigenvalue weighted by Gasteiger charge is 2.17. The van der Waals surface area contributed by atoms with E-state index in [1.807, 2.05) is 24.3 Å². The fraction of sp³-hybridized carbons (Fsp3) is 0.385. The summed E-state index contributed by atoms with van der Waals surface area (Å²) in [6, 6.07) is 7.95. The first-order valence-electron chi connectivity index (χ1n) is 6.09. The van der Waals surface area contributed by atoms with Crippen molar-refractivity contribution in [2.24, 2.45) is 5.92 Å². The van der Waals surface area contributed by atoms with Crippen LogP contribution in [0.15, 0.2) is 24.3 Å². The van der Waals surface area contributed by atoms with E-state index in [0.29, 0.717) is 5.95 Å². The molecular weight excluding hydrogens is 212 g/mol. The van der Waals surface area contributed by atoms with E-state index in [4.69, 9.17) is 5.73 Å². The smallest absolute Gasteiger partial charge is 0.222 e. The topological polar surface area (TPSA) is 63.8 Å².